The number of aromatic amines is 1. The quantitative estimate of drug-likeness (QED) is 0.746. The second-order valence-electron chi connectivity index (χ2n) is 4.00. The number of pyridine rings is 2. The van der Waals surface area contributed by atoms with Crippen molar-refractivity contribution in [3.05, 3.63) is 36.4 Å². The number of rotatable bonds is 2. The second kappa shape index (κ2) is 4.10. The van der Waals surface area contributed by atoms with Crippen molar-refractivity contribution in [2.24, 2.45) is 0 Å². The average molecular weight is 240 g/mol. The smallest absolute Gasteiger partial charge is 0.131 e. The monoisotopic (exact) mass is 240 g/mol. The van der Waals surface area contributed by atoms with E-state index in [1.165, 1.54) is 0 Å². The molecule has 0 spiro atoms. The average Bonchev–Trinajstić information content (AvgIpc) is 2.87. The van der Waals surface area contributed by atoms with Crippen LogP contribution < -0.4 is 4.74 Å². The van der Waals surface area contributed by atoms with Crippen LogP contribution in [0.25, 0.3) is 22.2 Å². The van der Waals surface area contributed by atoms with Gasteiger partial charge in [-0.15, -0.1) is 0 Å². The molecule has 0 aromatic carbocycles. The number of hydrogen-bond acceptors (Lipinski definition) is 4. The molecule has 0 aliphatic rings. The number of ether oxygens (including phenoxy) is 1. The second-order valence-corrected chi connectivity index (χ2v) is 4.00. The van der Waals surface area contributed by atoms with Gasteiger partial charge in [0.15, 0.2) is 0 Å². The minimum atomic E-state index is 0.764. The number of H-pyrrole nitrogens is 1. The lowest BCUT2D eigenvalue weighted by Gasteiger charge is -2.07. The topological polar surface area (TPSA) is 63.7 Å². The van der Waals surface area contributed by atoms with Crippen molar-refractivity contribution in [2.45, 2.75) is 6.92 Å². The first-order valence-corrected chi connectivity index (χ1v) is 5.58. The maximum atomic E-state index is 5.33. The van der Waals surface area contributed by atoms with Crippen LogP contribution in [0.2, 0.25) is 0 Å². The molecule has 1 N–H and O–H groups in total. The van der Waals surface area contributed by atoms with Gasteiger partial charge in [0, 0.05) is 17.8 Å². The van der Waals surface area contributed by atoms with Crippen LogP contribution >= 0.6 is 0 Å². The van der Waals surface area contributed by atoms with E-state index in [2.05, 4.69) is 20.2 Å². The Balaban J connectivity index is 2.25. The number of nitrogens with zero attached hydrogens (tertiary/aromatic N) is 3. The Morgan fingerprint density at radius 2 is 2.17 bits per heavy atom. The highest BCUT2D eigenvalue weighted by Gasteiger charge is 2.10. The Hall–Kier alpha value is -2.43. The van der Waals surface area contributed by atoms with E-state index >= 15 is 0 Å². The summed E-state index contributed by atoms with van der Waals surface area (Å²) in [7, 11) is 1.64. The van der Waals surface area contributed by atoms with Gasteiger partial charge in [-0.2, -0.15) is 5.10 Å². The Morgan fingerprint density at radius 3 is 3.00 bits per heavy atom. The van der Waals surface area contributed by atoms with Crippen molar-refractivity contribution in [1.82, 2.24) is 20.2 Å². The molecule has 0 amide bonds. The normalized spacial score (nSPS) is 10.8. The zero-order valence-corrected chi connectivity index (χ0v) is 10.1. The molecular weight excluding hydrogens is 228 g/mol. The minimum absolute atomic E-state index is 0.764. The third-order valence-electron chi connectivity index (χ3n) is 2.89. The molecule has 0 radical (unpaired) electrons. The molecular formula is C13H12N4O. The van der Waals surface area contributed by atoms with Crippen molar-refractivity contribution in [3.8, 4) is 17.0 Å². The summed E-state index contributed by atoms with van der Waals surface area (Å²) < 4.78 is 5.33. The van der Waals surface area contributed by atoms with Crippen LogP contribution in [-0.4, -0.2) is 27.3 Å². The summed E-state index contributed by atoms with van der Waals surface area (Å²) in [5.41, 5.74) is 3.59. The van der Waals surface area contributed by atoms with E-state index in [0.717, 1.165) is 33.6 Å². The highest BCUT2D eigenvalue weighted by Crippen LogP contribution is 2.29. The van der Waals surface area contributed by atoms with Gasteiger partial charge < -0.3 is 4.74 Å². The van der Waals surface area contributed by atoms with Crippen LogP contribution in [0.5, 0.6) is 5.75 Å². The Labute approximate surface area is 104 Å². The largest absolute Gasteiger partial charge is 0.496 e. The molecule has 0 aliphatic heterocycles. The van der Waals surface area contributed by atoms with E-state index in [-0.39, 0.29) is 0 Å². The van der Waals surface area contributed by atoms with Gasteiger partial charge in [0.1, 0.15) is 5.75 Å². The molecule has 3 aromatic rings. The van der Waals surface area contributed by atoms with Gasteiger partial charge in [0.25, 0.3) is 0 Å². The lowest BCUT2D eigenvalue weighted by atomic mass is 10.1. The molecule has 18 heavy (non-hydrogen) atoms. The highest BCUT2D eigenvalue weighted by molar-refractivity contribution is 5.84. The highest BCUT2D eigenvalue weighted by atomic mass is 16.5. The Kier molecular flexibility index (Phi) is 2.44. The van der Waals surface area contributed by atoms with Crippen LogP contribution in [0.1, 0.15) is 5.69 Å². The fourth-order valence-electron chi connectivity index (χ4n) is 2.00. The van der Waals surface area contributed by atoms with Gasteiger partial charge in [-0.3, -0.25) is 15.1 Å². The van der Waals surface area contributed by atoms with Gasteiger partial charge in [-0.25, -0.2) is 0 Å². The third-order valence-corrected chi connectivity index (χ3v) is 2.89. The SMILES string of the molecule is COc1ccncc1-c1cc2cn[nH]c2c(C)n1. The predicted molar refractivity (Wildman–Crippen MR) is 68.4 cm³/mol. The van der Waals surface area contributed by atoms with Crippen molar-refractivity contribution in [2.75, 3.05) is 7.11 Å². The first-order valence-electron chi connectivity index (χ1n) is 5.58. The van der Waals surface area contributed by atoms with E-state index in [0.29, 0.717) is 0 Å². The number of nitrogens with one attached hydrogen (secondary N) is 1. The summed E-state index contributed by atoms with van der Waals surface area (Å²) in [6.45, 7) is 1.95. The fourth-order valence-corrected chi connectivity index (χ4v) is 2.00. The number of methoxy groups -OCH3 is 1. The zero-order chi connectivity index (χ0) is 12.5. The molecule has 0 aliphatic carbocycles. The van der Waals surface area contributed by atoms with Crippen molar-refractivity contribution >= 4 is 10.9 Å². The molecule has 5 nitrogen and oxygen atoms in total. The molecule has 90 valence electrons. The molecule has 0 atom stereocenters. The van der Waals surface area contributed by atoms with Crippen LogP contribution in [-0.2, 0) is 0 Å². The van der Waals surface area contributed by atoms with Gasteiger partial charge in [-0.1, -0.05) is 0 Å². The number of hydrogen-bond donors (Lipinski definition) is 1. The van der Waals surface area contributed by atoms with Crippen molar-refractivity contribution in [3.63, 3.8) is 0 Å². The lowest BCUT2D eigenvalue weighted by molar-refractivity contribution is 0.416. The summed E-state index contributed by atoms with van der Waals surface area (Å²) >= 11 is 0. The van der Waals surface area contributed by atoms with Gasteiger partial charge in [0.05, 0.1) is 35.8 Å². The first-order chi connectivity index (χ1) is 8.79. The van der Waals surface area contributed by atoms with E-state index in [9.17, 15) is 0 Å². The summed E-state index contributed by atoms with van der Waals surface area (Å²) in [5, 5.41) is 7.99. The number of aromatic nitrogens is 4. The fraction of sp³-hybridized carbons (Fsp3) is 0.154. The van der Waals surface area contributed by atoms with Crippen LogP contribution in [0.15, 0.2) is 30.7 Å². The summed E-state index contributed by atoms with van der Waals surface area (Å²) in [6.07, 6.45) is 5.24. The summed E-state index contributed by atoms with van der Waals surface area (Å²) in [6, 6.07) is 3.80. The van der Waals surface area contributed by atoms with Gasteiger partial charge >= 0.3 is 0 Å². The maximum absolute atomic E-state index is 5.33. The van der Waals surface area contributed by atoms with Crippen molar-refractivity contribution < 1.29 is 4.74 Å². The third kappa shape index (κ3) is 1.60. The first kappa shape index (κ1) is 10.7. The van der Waals surface area contributed by atoms with Crippen LogP contribution in [0.4, 0.5) is 0 Å². The molecule has 0 unspecified atom stereocenters. The Morgan fingerprint density at radius 1 is 1.28 bits per heavy atom. The minimum Gasteiger partial charge on any atom is -0.496 e. The lowest BCUT2D eigenvalue weighted by Crippen LogP contribution is -1.93. The number of fused-ring (bicyclic) bond motifs is 1. The van der Waals surface area contributed by atoms with Crippen LogP contribution in [0.3, 0.4) is 0 Å². The summed E-state index contributed by atoms with van der Waals surface area (Å²) in [5.74, 6) is 0.764. The molecule has 3 rings (SSSR count). The molecule has 0 saturated carbocycles. The molecule has 5 heteroatoms. The zero-order valence-electron chi connectivity index (χ0n) is 10.1. The molecule has 0 fully saturated rings. The molecule has 3 heterocycles. The Bertz CT molecular complexity index is 705. The van der Waals surface area contributed by atoms with Gasteiger partial charge in [-0.05, 0) is 19.1 Å². The van der Waals surface area contributed by atoms with E-state index in [4.69, 9.17) is 4.74 Å². The van der Waals surface area contributed by atoms with E-state index in [1.807, 2.05) is 19.1 Å². The van der Waals surface area contributed by atoms with E-state index < -0.39 is 0 Å². The maximum Gasteiger partial charge on any atom is 0.131 e. The number of aryl methyl sites for hydroxylation is 1. The summed E-state index contributed by atoms with van der Waals surface area (Å²) in [4.78, 5) is 8.68. The standard InChI is InChI=1S/C13H12N4O/c1-8-13-9(6-15-17-13)5-11(16-8)10-7-14-4-3-12(10)18-2/h3-7H,1-2H3,(H,15,17). The van der Waals surface area contributed by atoms with Crippen LogP contribution in [0, 0.1) is 6.92 Å². The predicted octanol–water partition coefficient (Wildman–Crippen LogP) is 2.34. The van der Waals surface area contributed by atoms with E-state index in [1.54, 1.807) is 25.7 Å². The van der Waals surface area contributed by atoms with Gasteiger partial charge in [0.2, 0.25) is 0 Å². The van der Waals surface area contributed by atoms with Crippen molar-refractivity contribution in [1.29, 1.82) is 0 Å². The molecule has 0 saturated heterocycles. The molecule has 3 aromatic heterocycles. The molecule has 0 bridgehead atoms.